The maximum absolute atomic E-state index is 15.0. The van der Waals surface area contributed by atoms with Gasteiger partial charge in [-0.3, -0.25) is 62.3 Å². The first-order valence-electron chi connectivity index (χ1n) is 37.5. The lowest BCUT2D eigenvalue weighted by Crippen LogP contribution is -2.64. The number of allylic oxidation sites excluding steroid dienone is 1. The second kappa shape index (κ2) is 43.8. The van der Waals surface area contributed by atoms with Crippen LogP contribution in [0.4, 0.5) is 0 Å². The number of benzene rings is 1. The zero-order valence-corrected chi connectivity index (χ0v) is 65.2. The Morgan fingerprint density at radius 2 is 1.15 bits per heavy atom. The fourth-order valence-electron chi connectivity index (χ4n) is 12.0. The van der Waals surface area contributed by atoms with Crippen molar-refractivity contribution in [1.82, 2.24) is 68.7 Å². The summed E-state index contributed by atoms with van der Waals surface area (Å²) >= 11 is 0. The number of likely N-dealkylation sites (tertiary alicyclic amines) is 1. The predicted octanol–water partition coefficient (Wildman–Crippen LogP) is 1.84. The highest BCUT2D eigenvalue weighted by Crippen LogP contribution is 2.23. The van der Waals surface area contributed by atoms with Gasteiger partial charge in [-0.1, -0.05) is 166 Å². The molecule has 2 aliphatic heterocycles. The van der Waals surface area contributed by atoms with Gasteiger partial charge in [0.05, 0.1) is 6.10 Å². The Kier molecular flexibility index (Phi) is 37.8. The Labute approximate surface area is 620 Å². The Morgan fingerprint density at radius 3 is 1.69 bits per heavy atom. The predicted molar refractivity (Wildman–Crippen MR) is 395 cm³/mol. The van der Waals surface area contributed by atoms with Crippen LogP contribution in [0, 0.1) is 47.3 Å². The minimum Gasteiger partial charge on any atom is -0.458 e. The van der Waals surface area contributed by atoms with Crippen LogP contribution in [-0.2, 0) is 78.3 Å². The minimum atomic E-state index is -1.83. The van der Waals surface area contributed by atoms with Crippen LogP contribution in [0.25, 0.3) is 0 Å². The van der Waals surface area contributed by atoms with Crippen molar-refractivity contribution in [3.05, 3.63) is 47.7 Å². The van der Waals surface area contributed by atoms with Gasteiger partial charge < -0.3 is 84.3 Å². The third-order valence-corrected chi connectivity index (χ3v) is 19.6. The van der Waals surface area contributed by atoms with E-state index in [0.29, 0.717) is 24.8 Å². The van der Waals surface area contributed by atoms with Crippen LogP contribution in [0.2, 0.25) is 0 Å². The van der Waals surface area contributed by atoms with Gasteiger partial charge in [0.15, 0.2) is 0 Å². The van der Waals surface area contributed by atoms with Crippen LogP contribution in [0.15, 0.2) is 42.1 Å². The molecule has 2 fully saturated rings. The highest BCUT2D eigenvalue weighted by Gasteiger charge is 2.44. The molecule has 0 aromatic heterocycles. The van der Waals surface area contributed by atoms with E-state index in [1.165, 1.54) is 31.7 Å². The maximum Gasteiger partial charge on any atom is 0.329 e. The number of nitrogens with two attached hydrogens (primary N) is 1. The molecule has 2 aliphatic rings. The monoisotopic (exact) mass is 1480 g/mol. The number of esters is 1. The number of carbonyl (C=O) groups excluding carboxylic acids is 14. The second-order valence-corrected chi connectivity index (χ2v) is 30.0. The summed E-state index contributed by atoms with van der Waals surface area (Å²) in [6, 6.07) is -7.67. The van der Waals surface area contributed by atoms with E-state index in [4.69, 9.17) is 10.5 Å². The Hall–Kier alpha value is -8.54. The van der Waals surface area contributed by atoms with Crippen LogP contribution < -0.4 is 69.5 Å². The molecule has 30 heteroatoms. The lowest BCUT2D eigenvalue weighted by atomic mass is 9.95. The van der Waals surface area contributed by atoms with E-state index in [-0.39, 0.29) is 69.1 Å². The summed E-state index contributed by atoms with van der Waals surface area (Å²) in [7, 11) is 0. The number of amides is 13. The molecule has 1 unspecified atom stereocenters. The Balaban J connectivity index is 2.00. The van der Waals surface area contributed by atoms with Crippen molar-refractivity contribution in [1.29, 1.82) is 0 Å². The number of hydrogen-bond acceptors (Lipinski definition) is 17. The van der Waals surface area contributed by atoms with Crippen molar-refractivity contribution in [2.45, 2.75) is 280 Å². The average Bonchev–Trinajstić information content (AvgIpc) is 1.80. The third kappa shape index (κ3) is 27.4. The normalized spacial score (nSPS) is 22.8. The molecule has 17 atom stereocenters. The minimum absolute atomic E-state index is 0.0355. The van der Waals surface area contributed by atoms with Crippen LogP contribution in [0.3, 0.4) is 0 Å². The van der Waals surface area contributed by atoms with Gasteiger partial charge in [-0.15, -0.1) is 0 Å². The van der Waals surface area contributed by atoms with E-state index in [0.717, 1.165) is 6.42 Å². The summed E-state index contributed by atoms with van der Waals surface area (Å²) in [5.74, 6) is -15.2. The zero-order valence-electron chi connectivity index (χ0n) is 65.2. The molecule has 1 aromatic carbocycles. The van der Waals surface area contributed by atoms with Crippen LogP contribution >= 0.6 is 0 Å². The Bertz CT molecular complexity index is 3160. The summed E-state index contributed by atoms with van der Waals surface area (Å²) < 4.78 is 5.96. The topological polar surface area (TPSA) is 442 Å². The van der Waals surface area contributed by atoms with E-state index in [2.05, 4.69) is 63.8 Å². The highest BCUT2D eigenvalue weighted by molar-refractivity contribution is 6.03. The number of rotatable bonds is 33. The highest BCUT2D eigenvalue weighted by atomic mass is 16.5. The van der Waals surface area contributed by atoms with Gasteiger partial charge in [-0.2, -0.15) is 0 Å². The number of nitrogens with zero attached hydrogens (tertiary/aromatic N) is 1. The van der Waals surface area contributed by atoms with Gasteiger partial charge in [0.25, 0.3) is 5.91 Å². The standard InChI is InChI=1S/C75H124N14O16/c1-20-43(15)33-34-53(91)80-54(38(5)6)68(97)87-61(46(18)90)72(101)82-56(40(9)10)69(98)83-57(41(11)12)74(103)89-36-28-32-52(89)66(95)78-50(31-27-35-76)64(93)85-59(44(16)21-2)71(100)88-62-47(19)105-75(104)58(42(13)14)84-63(92)49(23-4)77-65(94)51(37-48-29-25-24-26-30-48)79-67(96)55(39(7)8)81-70(99)60(45(17)22-3)86-73(62)102/h23-26,29-30,38-47,50-52,54-62,90H,20-22,27-28,31-37,76H2,1-19H3,(H,77,94)(H,78,95)(H,79,96)(H,80,91)(H,81,99)(H,82,101)(H,83,98)(H,84,92)(H,85,93)(H,86,102)(H,87,97)(H,88,100)/b49-23-/t43-,44-,45-,46+,47+,50-,51-,52+,54+,55?,56-,57+,58-,59+,60+,61-,62+/m0/s1. The van der Waals surface area contributed by atoms with E-state index < -0.39 is 203 Å². The first kappa shape index (κ1) is 90.7. The van der Waals surface area contributed by atoms with E-state index >= 15 is 9.59 Å². The number of carbonyl (C=O) groups is 14. The summed E-state index contributed by atoms with van der Waals surface area (Å²) in [5.41, 5.74) is 6.34. The Morgan fingerprint density at radius 1 is 0.610 bits per heavy atom. The first-order valence-corrected chi connectivity index (χ1v) is 37.5. The summed E-state index contributed by atoms with van der Waals surface area (Å²) in [6.07, 6.45) is 1.08. The van der Waals surface area contributed by atoms with Crippen molar-refractivity contribution in [3.63, 3.8) is 0 Å². The van der Waals surface area contributed by atoms with Crippen molar-refractivity contribution in [2.75, 3.05) is 13.1 Å². The summed E-state index contributed by atoms with van der Waals surface area (Å²) in [4.78, 5) is 202. The number of cyclic esters (lactones) is 1. The van der Waals surface area contributed by atoms with E-state index in [9.17, 15) is 62.6 Å². The van der Waals surface area contributed by atoms with Crippen LogP contribution in [-0.4, -0.2) is 191 Å². The van der Waals surface area contributed by atoms with Gasteiger partial charge in [-0.25, -0.2) is 4.79 Å². The number of nitrogens with one attached hydrogen (secondary N) is 12. The molecule has 0 aliphatic carbocycles. The lowest BCUT2D eigenvalue weighted by Gasteiger charge is -2.33. The lowest BCUT2D eigenvalue weighted by molar-refractivity contribution is -0.157. The third-order valence-electron chi connectivity index (χ3n) is 19.6. The molecule has 30 nitrogen and oxygen atoms in total. The van der Waals surface area contributed by atoms with Crippen molar-refractivity contribution in [3.8, 4) is 0 Å². The largest absolute Gasteiger partial charge is 0.458 e. The first-order chi connectivity index (χ1) is 49.3. The van der Waals surface area contributed by atoms with Gasteiger partial charge in [0, 0.05) is 19.4 Å². The molecule has 0 bridgehead atoms. The molecule has 0 spiro atoms. The van der Waals surface area contributed by atoms with Crippen molar-refractivity contribution >= 4 is 82.8 Å². The van der Waals surface area contributed by atoms with Crippen LogP contribution in [0.5, 0.6) is 0 Å². The van der Waals surface area contributed by atoms with Crippen LogP contribution in [0.1, 0.15) is 195 Å². The summed E-state index contributed by atoms with van der Waals surface area (Å²) in [6.45, 7) is 31.7. The number of ether oxygens (including phenoxy) is 1. The van der Waals surface area contributed by atoms with Gasteiger partial charge in [-0.05, 0) is 112 Å². The van der Waals surface area contributed by atoms with Crippen molar-refractivity contribution < 1.29 is 77.0 Å². The molecule has 13 amide bonds. The number of aliphatic hydroxyl groups excluding tert-OH is 1. The molecule has 0 radical (unpaired) electrons. The fraction of sp³-hybridized carbons (Fsp3) is 0.707. The summed E-state index contributed by atoms with van der Waals surface area (Å²) in [5, 5.41) is 43.2. The quantitative estimate of drug-likeness (QED) is 0.0353. The fourth-order valence-corrected chi connectivity index (χ4v) is 12.0. The second-order valence-electron chi connectivity index (χ2n) is 30.0. The van der Waals surface area contributed by atoms with E-state index in [1.54, 1.807) is 127 Å². The molecule has 105 heavy (non-hydrogen) atoms. The molecule has 2 heterocycles. The maximum atomic E-state index is 15.0. The molecule has 2 saturated heterocycles. The number of hydrogen-bond donors (Lipinski definition) is 14. The smallest absolute Gasteiger partial charge is 0.329 e. The molecule has 15 N–H and O–H groups in total. The molecular weight excluding hydrogens is 1350 g/mol. The van der Waals surface area contributed by atoms with Gasteiger partial charge >= 0.3 is 5.97 Å². The zero-order chi connectivity index (χ0) is 79.4. The van der Waals surface area contributed by atoms with Gasteiger partial charge in [0.1, 0.15) is 84.3 Å². The molecular formula is C75H124N14O16. The SMILES string of the molecule is C/C=C1\NC(=O)[C@H](Cc2ccccc2)NC(=O)C(C(C)C)NC(=O)[C@@H]([C@@H](C)CC)NC(=O)[C@H](NC(=O)[C@H](NC(=O)[C@H](CCCN)NC(=O)[C@H]2CCCN2C(=O)[C@H](NC(=O)[C@@H](NC(=O)[C@@H](NC(=O)[C@H](NC(=O)CC[C@@H](C)CC)C(C)C)[C@@H](C)O)C(C)C)C(C)C)[C@@H](C)CC)[C@@H](C)OC(=O)[C@H](C(C)C)NC1=O. The number of aliphatic hydroxyl groups is 1. The van der Waals surface area contributed by atoms with Gasteiger partial charge in [0.2, 0.25) is 70.9 Å². The average molecular weight is 1480 g/mol. The van der Waals surface area contributed by atoms with E-state index in [1.807, 2.05) is 13.8 Å². The molecule has 3 rings (SSSR count). The molecule has 0 saturated carbocycles. The molecule has 590 valence electrons. The van der Waals surface area contributed by atoms with Crippen molar-refractivity contribution in [2.24, 2.45) is 53.1 Å². The molecule has 1 aromatic rings.